The summed E-state index contributed by atoms with van der Waals surface area (Å²) in [4.78, 5) is 30.3. The summed E-state index contributed by atoms with van der Waals surface area (Å²) in [6.07, 6.45) is 3.90. The maximum Gasteiger partial charge on any atom is 0.270 e. The Morgan fingerprint density at radius 3 is 2.59 bits per heavy atom. The first kappa shape index (κ1) is 23.7. The van der Waals surface area contributed by atoms with Crippen LogP contribution in [0.5, 0.6) is 0 Å². The fraction of sp³-hybridized carbons (Fsp3) is 0.227. The number of rotatable bonds is 9. The Hall–Kier alpha value is -2.98. The van der Waals surface area contributed by atoms with Crippen molar-refractivity contribution < 1.29 is 17.6 Å². The number of benzene rings is 2. The van der Waals surface area contributed by atoms with E-state index in [1.54, 1.807) is 18.2 Å². The third-order valence-electron chi connectivity index (χ3n) is 4.53. The van der Waals surface area contributed by atoms with Crippen molar-refractivity contribution in [3.63, 3.8) is 0 Å². The number of anilines is 1. The molecule has 1 heterocycles. The second-order valence-electron chi connectivity index (χ2n) is 6.98. The number of carbonyl (C=O) groups is 1. The number of H-pyrrole nitrogens is 1. The number of nitrogens with one attached hydrogen (secondary N) is 2. The predicted octanol–water partition coefficient (Wildman–Crippen LogP) is 3.82. The van der Waals surface area contributed by atoms with Crippen molar-refractivity contribution in [1.82, 2.24) is 9.97 Å². The molecule has 0 saturated heterocycles. The van der Waals surface area contributed by atoms with Crippen molar-refractivity contribution in [2.75, 3.05) is 11.1 Å². The predicted molar refractivity (Wildman–Crippen MR) is 121 cm³/mol. The van der Waals surface area contributed by atoms with Gasteiger partial charge in [-0.25, -0.2) is 17.8 Å². The summed E-state index contributed by atoms with van der Waals surface area (Å²) in [7, 11) is -4.03. The zero-order valence-electron chi connectivity index (χ0n) is 17.3. The first-order valence-electron chi connectivity index (χ1n) is 9.91. The first-order valence-corrected chi connectivity index (χ1v) is 12.4. The van der Waals surface area contributed by atoms with E-state index in [4.69, 9.17) is 0 Å². The van der Waals surface area contributed by atoms with Crippen LogP contribution in [0, 0.1) is 5.82 Å². The third-order valence-corrected chi connectivity index (χ3v) is 7.18. The second kappa shape index (κ2) is 10.6. The van der Waals surface area contributed by atoms with Gasteiger partial charge in [-0.2, -0.15) is 0 Å². The lowest BCUT2D eigenvalue weighted by Gasteiger charge is -2.07. The van der Waals surface area contributed by atoms with Crippen molar-refractivity contribution >= 4 is 33.2 Å². The minimum absolute atomic E-state index is 0.0138. The smallest absolute Gasteiger partial charge is 0.270 e. The molecule has 1 aromatic heterocycles. The summed E-state index contributed by atoms with van der Waals surface area (Å²) in [6.45, 7) is 2.08. The lowest BCUT2D eigenvalue weighted by atomic mass is 10.1. The van der Waals surface area contributed by atoms with Gasteiger partial charge in [0.25, 0.3) is 5.56 Å². The van der Waals surface area contributed by atoms with Crippen LogP contribution >= 0.6 is 11.8 Å². The topological polar surface area (TPSA) is 109 Å². The van der Waals surface area contributed by atoms with Crippen molar-refractivity contribution in [3.05, 3.63) is 76.5 Å². The van der Waals surface area contributed by atoms with Crippen LogP contribution in [0.15, 0.2) is 74.5 Å². The van der Waals surface area contributed by atoms with E-state index in [0.29, 0.717) is 5.69 Å². The van der Waals surface area contributed by atoms with Crippen LogP contribution in [-0.4, -0.2) is 30.0 Å². The monoisotopic (exact) mass is 475 g/mol. The van der Waals surface area contributed by atoms with E-state index in [9.17, 15) is 22.4 Å². The molecule has 0 aliphatic carbocycles. The first-order chi connectivity index (χ1) is 15.3. The molecule has 32 heavy (non-hydrogen) atoms. The highest BCUT2D eigenvalue weighted by atomic mass is 32.2. The van der Waals surface area contributed by atoms with Crippen molar-refractivity contribution in [2.45, 2.75) is 41.1 Å². The number of hydrogen-bond donors (Lipinski definition) is 2. The summed E-state index contributed by atoms with van der Waals surface area (Å²) in [5.41, 5.74) is 0.517. The molecule has 10 heteroatoms. The standard InChI is InChI=1S/C22H22FN3O4S2/c1-2-3-5-15-8-10-18(11-9-15)32(29,30)19-13-24-22(26-21(19)28)31-14-20(27)25-17-7-4-6-16(23)12-17/h4,6-13H,2-3,5,14H2,1H3,(H,25,27)(H,24,26,28). The zero-order valence-corrected chi connectivity index (χ0v) is 18.9. The Morgan fingerprint density at radius 2 is 1.94 bits per heavy atom. The van der Waals surface area contributed by atoms with E-state index >= 15 is 0 Å². The molecule has 7 nitrogen and oxygen atoms in total. The van der Waals surface area contributed by atoms with E-state index in [1.807, 2.05) is 0 Å². The summed E-state index contributed by atoms with van der Waals surface area (Å²) < 4.78 is 38.8. The number of nitrogens with zero attached hydrogens (tertiary/aromatic N) is 1. The summed E-state index contributed by atoms with van der Waals surface area (Å²) in [5.74, 6) is -1.01. The van der Waals surface area contributed by atoms with Crippen molar-refractivity contribution in [3.8, 4) is 0 Å². The molecule has 3 rings (SSSR count). The SMILES string of the molecule is CCCCc1ccc(S(=O)(=O)c2cnc(SCC(=O)Nc3cccc(F)c3)[nH]c2=O)cc1. The lowest BCUT2D eigenvalue weighted by Crippen LogP contribution is -2.20. The molecule has 168 valence electrons. The highest BCUT2D eigenvalue weighted by molar-refractivity contribution is 7.99. The van der Waals surface area contributed by atoms with Gasteiger partial charge in [-0.1, -0.05) is 43.3 Å². The molecule has 0 unspecified atom stereocenters. The van der Waals surface area contributed by atoms with Gasteiger partial charge in [-0.3, -0.25) is 9.59 Å². The van der Waals surface area contributed by atoms with Crippen molar-refractivity contribution in [2.24, 2.45) is 0 Å². The van der Waals surface area contributed by atoms with Gasteiger partial charge in [0.1, 0.15) is 5.82 Å². The third kappa shape index (κ3) is 6.04. The Bertz CT molecular complexity index is 1260. The molecule has 0 aliphatic heterocycles. The van der Waals surface area contributed by atoms with Crippen LogP contribution in [0.3, 0.4) is 0 Å². The molecule has 0 atom stereocenters. The molecule has 0 aliphatic rings. The number of hydrogen-bond acceptors (Lipinski definition) is 6. The minimum Gasteiger partial charge on any atom is -0.325 e. The van der Waals surface area contributed by atoms with E-state index in [1.165, 1.54) is 30.3 Å². The van der Waals surface area contributed by atoms with E-state index in [-0.39, 0.29) is 15.8 Å². The summed E-state index contributed by atoms with van der Waals surface area (Å²) in [6, 6.07) is 11.9. The van der Waals surface area contributed by atoms with Crippen LogP contribution in [0.4, 0.5) is 10.1 Å². The quantitative estimate of drug-likeness (QED) is 0.360. The number of carbonyl (C=O) groups excluding carboxylic acids is 1. The number of amides is 1. The number of halogens is 1. The average Bonchev–Trinajstić information content (AvgIpc) is 2.76. The van der Waals surface area contributed by atoms with Gasteiger partial charge >= 0.3 is 0 Å². The Morgan fingerprint density at radius 1 is 1.19 bits per heavy atom. The Balaban J connectivity index is 1.67. The number of aromatic nitrogens is 2. The van der Waals surface area contributed by atoms with Crippen LogP contribution in [0.2, 0.25) is 0 Å². The van der Waals surface area contributed by atoms with Crippen LogP contribution in [-0.2, 0) is 21.1 Å². The maximum atomic E-state index is 13.2. The van der Waals surface area contributed by atoms with Gasteiger partial charge in [-0.15, -0.1) is 0 Å². The summed E-state index contributed by atoms with van der Waals surface area (Å²) >= 11 is 0.924. The van der Waals surface area contributed by atoms with Crippen molar-refractivity contribution in [1.29, 1.82) is 0 Å². The normalized spacial score (nSPS) is 11.3. The molecule has 0 bridgehead atoms. The number of aryl methyl sites for hydroxylation is 1. The molecule has 0 spiro atoms. The molecule has 2 aromatic carbocycles. The van der Waals surface area contributed by atoms with Crippen LogP contribution < -0.4 is 10.9 Å². The van der Waals surface area contributed by atoms with Gasteiger partial charge in [0.15, 0.2) is 10.1 Å². The largest absolute Gasteiger partial charge is 0.325 e. The molecular weight excluding hydrogens is 453 g/mol. The van der Waals surface area contributed by atoms with Gasteiger partial charge < -0.3 is 10.3 Å². The molecule has 1 amide bonds. The van der Waals surface area contributed by atoms with Gasteiger partial charge in [0, 0.05) is 5.69 Å². The second-order valence-corrected chi connectivity index (χ2v) is 9.86. The fourth-order valence-corrected chi connectivity index (χ4v) is 4.74. The molecule has 0 radical (unpaired) electrons. The number of unbranched alkanes of at least 4 members (excludes halogenated alkanes) is 1. The van der Waals surface area contributed by atoms with Gasteiger partial charge in [0.05, 0.1) is 16.8 Å². The molecule has 0 fully saturated rings. The number of sulfone groups is 1. The van der Waals surface area contributed by atoms with Gasteiger partial charge in [-0.05, 0) is 48.7 Å². The highest BCUT2D eigenvalue weighted by Crippen LogP contribution is 2.20. The number of aromatic amines is 1. The maximum absolute atomic E-state index is 13.2. The fourth-order valence-electron chi connectivity index (χ4n) is 2.87. The Labute approximate surface area is 189 Å². The Kier molecular flexibility index (Phi) is 7.81. The lowest BCUT2D eigenvalue weighted by molar-refractivity contribution is -0.113. The van der Waals surface area contributed by atoms with Crippen LogP contribution in [0.25, 0.3) is 0 Å². The minimum atomic E-state index is -4.03. The molecule has 2 N–H and O–H groups in total. The van der Waals surface area contributed by atoms with E-state index in [0.717, 1.165) is 42.8 Å². The molecule has 0 saturated carbocycles. The zero-order chi connectivity index (χ0) is 23.1. The molecule has 3 aromatic rings. The van der Waals surface area contributed by atoms with Gasteiger partial charge in [0.2, 0.25) is 15.7 Å². The summed E-state index contributed by atoms with van der Waals surface area (Å²) in [5, 5.41) is 2.62. The highest BCUT2D eigenvalue weighted by Gasteiger charge is 2.22. The van der Waals surface area contributed by atoms with Crippen LogP contribution in [0.1, 0.15) is 25.3 Å². The van der Waals surface area contributed by atoms with E-state index < -0.39 is 32.0 Å². The number of thioether (sulfide) groups is 1. The van der Waals surface area contributed by atoms with E-state index in [2.05, 4.69) is 22.2 Å². The average molecular weight is 476 g/mol. The molecular formula is C22H22FN3O4S2.